The fourth-order valence-corrected chi connectivity index (χ4v) is 2.37. The monoisotopic (exact) mass is 390 g/mol. The van der Waals surface area contributed by atoms with E-state index in [4.69, 9.17) is 18.6 Å². The van der Waals surface area contributed by atoms with Crippen LogP contribution in [0.2, 0.25) is 0 Å². The maximum Gasteiger partial charge on any atom is 0.374 e. The lowest BCUT2D eigenvalue weighted by atomic mass is 10.0. The first kappa shape index (κ1) is 21.5. The Labute approximate surface area is 163 Å². The highest BCUT2D eigenvalue weighted by atomic mass is 16.5. The molecule has 0 saturated carbocycles. The molecule has 0 unspecified atom stereocenters. The van der Waals surface area contributed by atoms with Gasteiger partial charge in [0.2, 0.25) is 5.76 Å². The van der Waals surface area contributed by atoms with Gasteiger partial charge in [0.05, 0.1) is 30.9 Å². The first-order valence-corrected chi connectivity index (χ1v) is 9.31. The summed E-state index contributed by atoms with van der Waals surface area (Å²) in [6.45, 7) is 9.97. The number of carbonyl (C=O) groups is 3. The highest BCUT2D eigenvalue weighted by molar-refractivity contribution is 6.07. The molecule has 1 heterocycles. The summed E-state index contributed by atoms with van der Waals surface area (Å²) < 4.78 is 21.0. The van der Waals surface area contributed by atoms with E-state index in [1.807, 2.05) is 27.7 Å². The van der Waals surface area contributed by atoms with Crippen molar-refractivity contribution >= 4 is 28.9 Å². The third kappa shape index (κ3) is 5.34. The van der Waals surface area contributed by atoms with Crippen LogP contribution < -0.4 is 0 Å². The normalized spacial score (nSPS) is 11.1. The van der Waals surface area contributed by atoms with Gasteiger partial charge in [-0.05, 0) is 37.0 Å². The van der Waals surface area contributed by atoms with Crippen molar-refractivity contribution in [2.75, 3.05) is 19.8 Å². The van der Waals surface area contributed by atoms with Crippen LogP contribution in [-0.2, 0) is 14.2 Å². The lowest BCUT2D eigenvalue weighted by Gasteiger charge is -2.12. The zero-order chi connectivity index (χ0) is 20.8. The maximum atomic E-state index is 12.5. The topological polar surface area (TPSA) is 92.0 Å². The predicted molar refractivity (Wildman–Crippen MR) is 102 cm³/mol. The SMILES string of the molecule is CCOC(=O)c1cc2cc(C(=O)OCC(C)C)c(C(=O)OCC(C)C)cc2o1. The molecule has 7 nitrogen and oxygen atoms in total. The van der Waals surface area contributed by atoms with Gasteiger partial charge in [-0.1, -0.05) is 27.7 Å². The number of fused-ring (bicyclic) bond motifs is 1. The Morgan fingerprint density at radius 3 is 1.86 bits per heavy atom. The average molecular weight is 390 g/mol. The molecule has 0 aliphatic heterocycles. The van der Waals surface area contributed by atoms with Crippen LogP contribution in [0.5, 0.6) is 0 Å². The van der Waals surface area contributed by atoms with E-state index in [0.717, 1.165) is 0 Å². The molecule has 2 aromatic rings. The lowest BCUT2D eigenvalue weighted by molar-refractivity contribution is 0.0412. The quantitative estimate of drug-likeness (QED) is 0.492. The van der Waals surface area contributed by atoms with Crippen LogP contribution in [0, 0.1) is 11.8 Å². The van der Waals surface area contributed by atoms with E-state index in [2.05, 4.69) is 0 Å². The Morgan fingerprint density at radius 2 is 1.36 bits per heavy atom. The standard InChI is InChI=1S/C21H26O7/c1-6-25-21(24)18-8-14-7-15(19(22)26-10-12(2)3)16(9-17(14)28-18)20(23)27-11-13(4)5/h7-9,12-13H,6,10-11H2,1-5H3. The zero-order valence-corrected chi connectivity index (χ0v) is 16.9. The first-order valence-electron chi connectivity index (χ1n) is 9.31. The van der Waals surface area contributed by atoms with Crippen LogP contribution in [0.4, 0.5) is 0 Å². The summed E-state index contributed by atoms with van der Waals surface area (Å²) in [4.78, 5) is 37.0. The number of carbonyl (C=O) groups excluding carboxylic acids is 3. The number of furan rings is 1. The minimum absolute atomic E-state index is 0.00829. The van der Waals surface area contributed by atoms with E-state index in [9.17, 15) is 14.4 Å². The van der Waals surface area contributed by atoms with Crippen molar-refractivity contribution in [3.8, 4) is 0 Å². The number of esters is 3. The molecule has 0 aliphatic rings. The van der Waals surface area contributed by atoms with E-state index in [1.165, 1.54) is 18.2 Å². The van der Waals surface area contributed by atoms with Crippen LogP contribution in [-0.4, -0.2) is 37.7 Å². The van der Waals surface area contributed by atoms with Gasteiger partial charge in [-0.2, -0.15) is 0 Å². The molecule has 0 fully saturated rings. The fourth-order valence-electron chi connectivity index (χ4n) is 2.37. The maximum absolute atomic E-state index is 12.5. The number of rotatable bonds is 8. The molecule has 1 aromatic heterocycles. The van der Waals surface area contributed by atoms with Gasteiger partial charge in [-0.25, -0.2) is 14.4 Å². The first-order chi connectivity index (χ1) is 13.2. The van der Waals surface area contributed by atoms with Gasteiger partial charge in [0.15, 0.2) is 0 Å². The van der Waals surface area contributed by atoms with Crippen molar-refractivity contribution in [2.45, 2.75) is 34.6 Å². The number of hydrogen-bond acceptors (Lipinski definition) is 7. The minimum atomic E-state index is -0.652. The van der Waals surface area contributed by atoms with Crippen LogP contribution in [0.3, 0.4) is 0 Å². The molecule has 0 saturated heterocycles. The van der Waals surface area contributed by atoms with Crippen molar-refractivity contribution in [1.29, 1.82) is 0 Å². The Hall–Kier alpha value is -2.83. The largest absolute Gasteiger partial charge is 0.462 e. The Kier molecular flexibility index (Phi) is 7.20. The van der Waals surface area contributed by atoms with Crippen LogP contribution in [0.25, 0.3) is 11.0 Å². The van der Waals surface area contributed by atoms with E-state index in [-0.39, 0.29) is 54.1 Å². The van der Waals surface area contributed by atoms with Crippen molar-refractivity contribution in [3.05, 3.63) is 35.1 Å². The Morgan fingerprint density at radius 1 is 0.821 bits per heavy atom. The molecule has 0 aliphatic carbocycles. The van der Waals surface area contributed by atoms with Gasteiger partial charge in [-0.15, -0.1) is 0 Å². The highest BCUT2D eigenvalue weighted by Crippen LogP contribution is 2.26. The second-order valence-electron chi connectivity index (χ2n) is 7.25. The summed E-state index contributed by atoms with van der Waals surface area (Å²) in [6, 6.07) is 4.33. The molecule has 2 rings (SSSR count). The molecule has 152 valence electrons. The van der Waals surface area contributed by atoms with Crippen molar-refractivity contribution < 1.29 is 33.0 Å². The average Bonchev–Trinajstić information content (AvgIpc) is 3.06. The summed E-state index contributed by atoms with van der Waals surface area (Å²) in [6.07, 6.45) is 0. The van der Waals surface area contributed by atoms with Gasteiger partial charge in [0.1, 0.15) is 5.58 Å². The summed E-state index contributed by atoms with van der Waals surface area (Å²) in [5.41, 5.74) is 0.379. The smallest absolute Gasteiger partial charge is 0.374 e. The molecule has 1 aromatic carbocycles. The molecule has 0 atom stereocenters. The second kappa shape index (κ2) is 9.39. The summed E-state index contributed by atoms with van der Waals surface area (Å²) in [7, 11) is 0. The van der Waals surface area contributed by atoms with Crippen molar-refractivity contribution in [3.63, 3.8) is 0 Å². The third-order valence-corrected chi connectivity index (χ3v) is 3.67. The number of ether oxygens (including phenoxy) is 3. The molecule has 0 N–H and O–H groups in total. The molecule has 28 heavy (non-hydrogen) atoms. The van der Waals surface area contributed by atoms with Gasteiger partial charge in [0, 0.05) is 5.39 Å². The van der Waals surface area contributed by atoms with Crippen molar-refractivity contribution in [1.82, 2.24) is 0 Å². The van der Waals surface area contributed by atoms with Gasteiger partial charge in [-0.3, -0.25) is 0 Å². The van der Waals surface area contributed by atoms with Crippen LogP contribution in [0.15, 0.2) is 22.6 Å². The predicted octanol–water partition coefficient (Wildman–Crippen LogP) is 4.24. The molecule has 7 heteroatoms. The van der Waals surface area contributed by atoms with Gasteiger partial charge in [0.25, 0.3) is 0 Å². The Balaban J connectivity index is 2.45. The second-order valence-corrected chi connectivity index (χ2v) is 7.25. The molecule has 0 amide bonds. The molecule has 0 spiro atoms. The molecular weight excluding hydrogens is 364 g/mol. The van der Waals surface area contributed by atoms with Crippen LogP contribution in [0.1, 0.15) is 65.9 Å². The summed E-state index contributed by atoms with van der Waals surface area (Å²) in [5.74, 6) is -1.62. The minimum Gasteiger partial charge on any atom is -0.462 e. The Bertz CT molecular complexity index is 800. The fraction of sp³-hybridized carbons (Fsp3) is 0.476. The van der Waals surface area contributed by atoms with E-state index in [0.29, 0.717) is 5.39 Å². The van der Waals surface area contributed by atoms with E-state index < -0.39 is 17.9 Å². The summed E-state index contributed by atoms with van der Waals surface area (Å²) >= 11 is 0. The number of benzene rings is 1. The van der Waals surface area contributed by atoms with E-state index in [1.54, 1.807) is 6.92 Å². The molecular formula is C21H26O7. The third-order valence-electron chi connectivity index (χ3n) is 3.67. The van der Waals surface area contributed by atoms with Gasteiger partial charge < -0.3 is 18.6 Å². The number of hydrogen-bond donors (Lipinski definition) is 0. The molecule has 0 bridgehead atoms. The zero-order valence-electron chi connectivity index (χ0n) is 16.9. The lowest BCUT2D eigenvalue weighted by Crippen LogP contribution is -2.17. The van der Waals surface area contributed by atoms with Crippen LogP contribution >= 0.6 is 0 Å². The van der Waals surface area contributed by atoms with Crippen molar-refractivity contribution in [2.24, 2.45) is 11.8 Å². The highest BCUT2D eigenvalue weighted by Gasteiger charge is 2.24. The summed E-state index contributed by atoms with van der Waals surface area (Å²) in [5, 5.41) is 0.486. The van der Waals surface area contributed by atoms with E-state index >= 15 is 0 Å². The van der Waals surface area contributed by atoms with Gasteiger partial charge >= 0.3 is 17.9 Å². The molecule has 0 radical (unpaired) electrons.